The quantitative estimate of drug-likeness (QED) is 0.150. The van der Waals surface area contributed by atoms with Crippen LogP contribution in [-0.4, -0.2) is 87.1 Å². The minimum Gasteiger partial charge on any atom is -0.504 e. The number of carbonyl (C=O) groups is 3. The zero-order chi connectivity index (χ0) is 32.6. The SMILES string of the molecule is O=C(/C=C(\O)C(F)(F)F)C(F)(F)F.O=C(/C=C(\O)C(F)(F)F)C(F)(F)F.O=C(/C=C(\O)C(F)(F)F)C(F)(F)F.[Al]. The predicted octanol–water partition coefficient (Wildman–Crippen LogP) is 5.99. The number of aliphatic hydroxyl groups is 3. The predicted molar refractivity (Wildman–Crippen MR) is 89.2 cm³/mol. The van der Waals surface area contributed by atoms with Gasteiger partial charge in [-0.1, -0.05) is 0 Å². The molecule has 0 aliphatic heterocycles. The molecule has 0 saturated heterocycles. The van der Waals surface area contributed by atoms with Crippen LogP contribution in [0.25, 0.3) is 0 Å². The summed E-state index contributed by atoms with van der Waals surface area (Å²) in [5.41, 5.74) is 0. The van der Waals surface area contributed by atoms with Gasteiger partial charge in [0.2, 0.25) is 17.3 Å². The third-order valence-corrected chi connectivity index (χ3v) is 2.51. The summed E-state index contributed by atoms with van der Waals surface area (Å²) in [6.45, 7) is 0. The van der Waals surface area contributed by atoms with Crippen LogP contribution in [-0.2, 0) is 14.4 Å². The van der Waals surface area contributed by atoms with Gasteiger partial charge in [0.1, 0.15) is 0 Å². The Hall–Kier alpha value is -3.10. The average Bonchev–Trinajstić information content (AvgIpc) is 2.64. The molecule has 0 amide bonds. The molecule has 0 fully saturated rings. The molecule has 0 aromatic rings. The number of ketones is 3. The van der Waals surface area contributed by atoms with Crippen molar-refractivity contribution < 1.29 is 109 Å². The number of aliphatic hydroxyl groups excluding tert-OH is 3. The third kappa shape index (κ3) is 19.9. The summed E-state index contributed by atoms with van der Waals surface area (Å²) < 4.78 is 204. The van der Waals surface area contributed by atoms with Crippen molar-refractivity contribution in [1.29, 1.82) is 0 Å². The van der Waals surface area contributed by atoms with Crippen LogP contribution in [0.4, 0.5) is 79.0 Å². The first-order valence-corrected chi connectivity index (χ1v) is 7.92. The van der Waals surface area contributed by atoms with E-state index in [4.69, 9.17) is 15.3 Å². The van der Waals surface area contributed by atoms with E-state index in [1.54, 1.807) is 0 Å². The van der Waals surface area contributed by atoms with Gasteiger partial charge in [0.25, 0.3) is 17.3 Å². The maximum absolute atomic E-state index is 11.4. The van der Waals surface area contributed by atoms with Crippen LogP contribution in [0.2, 0.25) is 0 Å². The van der Waals surface area contributed by atoms with Gasteiger partial charge < -0.3 is 15.3 Å². The summed E-state index contributed by atoms with van der Waals surface area (Å²) in [5, 5.41) is 23.8. The highest BCUT2D eigenvalue weighted by Gasteiger charge is 2.43. The number of rotatable bonds is 3. The molecule has 0 atom stereocenters. The van der Waals surface area contributed by atoms with Crippen molar-refractivity contribution in [2.75, 3.05) is 0 Å². The summed E-state index contributed by atoms with van der Waals surface area (Å²) in [4.78, 5) is 29.6. The van der Waals surface area contributed by atoms with Gasteiger partial charge >= 0.3 is 37.1 Å². The molecule has 40 heavy (non-hydrogen) atoms. The molecule has 0 unspecified atom stereocenters. The Morgan fingerprint density at radius 3 is 0.550 bits per heavy atom. The van der Waals surface area contributed by atoms with E-state index in [9.17, 15) is 93.4 Å². The molecule has 3 N–H and O–H groups in total. The zero-order valence-corrected chi connectivity index (χ0v) is 18.8. The zero-order valence-electron chi connectivity index (χ0n) is 17.7. The second kappa shape index (κ2) is 15.1. The van der Waals surface area contributed by atoms with Gasteiger partial charge in [-0.15, -0.1) is 0 Å². The van der Waals surface area contributed by atoms with E-state index in [0.29, 0.717) is 0 Å². The molecule has 0 heterocycles. The first kappa shape index (κ1) is 43.9. The Labute approximate surface area is 217 Å². The minimum atomic E-state index is -5.42. The number of halogens is 18. The van der Waals surface area contributed by atoms with Crippen LogP contribution in [0, 0.1) is 0 Å². The van der Waals surface area contributed by atoms with Crippen molar-refractivity contribution >= 4 is 34.7 Å². The summed E-state index contributed by atoms with van der Waals surface area (Å²) in [7, 11) is 0. The van der Waals surface area contributed by atoms with Gasteiger partial charge in [0.05, 0.1) is 0 Å². The van der Waals surface area contributed by atoms with Gasteiger partial charge in [-0.2, -0.15) is 79.0 Å². The highest BCUT2D eigenvalue weighted by molar-refractivity contribution is 5.95. The number of hydrogen-bond donors (Lipinski definition) is 3. The van der Waals surface area contributed by atoms with Crippen LogP contribution < -0.4 is 0 Å². The van der Waals surface area contributed by atoms with Crippen molar-refractivity contribution in [2.45, 2.75) is 37.1 Å². The number of alkyl halides is 18. The lowest BCUT2D eigenvalue weighted by molar-refractivity contribution is -0.166. The van der Waals surface area contributed by atoms with E-state index in [1.807, 2.05) is 0 Å². The molecule has 6 nitrogen and oxygen atoms in total. The second-order valence-corrected chi connectivity index (χ2v) is 5.67. The van der Waals surface area contributed by atoms with E-state index in [1.165, 1.54) is 0 Å². The average molecular weight is 651 g/mol. The molecule has 0 saturated carbocycles. The largest absolute Gasteiger partial charge is 0.504 e. The number of hydrogen-bond acceptors (Lipinski definition) is 6. The van der Waals surface area contributed by atoms with Crippen LogP contribution in [0.5, 0.6) is 0 Å². The Balaban J connectivity index is -0.000000240. The molecule has 0 bridgehead atoms. The van der Waals surface area contributed by atoms with Gasteiger partial charge in [0.15, 0.2) is 0 Å². The van der Waals surface area contributed by atoms with E-state index >= 15 is 0 Å². The van der Waals surface area contributed by atoms with Gasteiger partial charge in [-0.05, 0) is 0 Å². The van der Waals surface area contributed by atoms with E-state index < -0.39 is 89.9 Å². The topological polar surface area (TPSA) is 112 Å². The molecule has 0 aromatic heterocycles. The Kier molecular flexibility index (Phi) is 16.5. The maximum atomic E-state index is 11.4. The molecular formula is C15H6AlF18O6. The summed E-state index contributed by atoms with van der Waals surface area (Å²) in [6, 6.07) is 0. The first-order valence-electron chi connectivity index (χ1n) is 7.92. The molecule has 0 spiro atoms. The molecule has 0 aromatic carbocycles. The lowest BCUT2D eigenvalue weighted by Gasteiger charge is -2.05. The van der Waals surface area contributed by atoms with Crippen molar-refractivity contribution in [1.82, 2.24) is 0 Å². The van der Waals surface area contributed by atoms with Crippen LogP contribution >= 0.6 is 0 Å². The Bertz CT molecular complexity index is 834. The van der Waals surface area contributed by atoms with E-state index in [0.717, 1.165) is 0 Å². The highest BCUT2D eigenvalue weighted by Crippen LogP contribution is 2.27. The Morgan fingerprint density at radius 1 is 0.350 bits per heavy atom. The fourth-order valence-corrected chi connectivity index (χ4v) is 0.864. The van der Waals surface area contributed by atoms with Crippen LogP contribution in [0.3, 0.4) is 0 Å². The lowest BCUT2D eigenvalue weighted by atomic mass is 10.3. The van der Waals surface area contributed by atoms with Crippen LogP contribution in [0.15, 0.2) is 35.5 Å². The molecular weight excluding hydrogens is 645 g/mol. The van der Waals surface area contributed by atoms with Crippen LogP contribution in [0.1, 0.15) is 0 Å². The molecule has 0 aliphatic carbocycles. The lowest BCUT2D eigenvalue weighted by Crippen LogP contribution is -2.23. The van der Waals surface area contributed by atoms with Crippen molar-refractivity contribution in [3.8, 4) is 0 Å². The van der Waals surface area contributed by atoms with Crippen molar-refractivity contribution in [3.63, 3.8) is 0 Å². The minimum absolute atomic E-state index is 0. The van der Waals surface area contributed by atoms with Gasteiger partial charge in [0, 0.05) is 35.6 Å². The fraction of sp³-hybridized carbons (Fsp3) is 0.400. The maximum Gasteiger partial charge on any atom is 0.454 e. The summed E-state index contributed by atoms with van der Waals surface area (Å²) in [6.07, 6.45) is -35.0. The second-order valence-electron chi connectivity index (χ2n) is 5.67. The monoisotopic (exact) mass is 651 g/mol. The van der Waals surface area contributed by atoms with Gasteiger partial charge in [-0.3, -0.25) is 14.4 Å². The van der Waals surface area contributed by atoms with E-state index in [2.05, 4.69) is 0 Å². The normalized spacial score (nSPS) is 14.1. The molecule has 25 heteroatoms. The fourth-order valence-electron chi connectivity index (χ4n) is 0.864. The third-order valence-electron chi connectivity index (χ3n) is 2.51. The molecule has 0 aliphatic rings. The highest BCUT2D eigenvalue weighted by atomic mass is 27.0. The van der Waals surface area contributed by atoms with Crippen molar-refractivity contribution in [3.05, 3.63) is 35.5 Å². The standard InChI is InChI=1S/3C5H2F6O2.Al/c3*6-4(7,8)2(12)1-3(13)5(9,10)11;/h3*1,12H;/b3*2-1-;. The van der Waals surface area contributed by atoms with Gasteiger partial charge in [-0.25, -0.2) is 0 Å². The first-order chi connectivity index (χ1) is 16.6. The summed E-state index contributed by atoms with van der Waals surface area (Å²) in [5.74, 6) is -16.0. The smallest absolute Gasteiger partial charge is 0.454 e. The number of allylic oxidation sites excluding steroid dienone is 6. The molecule has 0 rings (SSSR count). The Morgan fingerprint density at radius 2 is 0.475 bits per heavy atom. The summed E-state index contributed by atoms with van der Waals surface area (Å²) >= 11 is 0. The van der Waals surface area contributed by atoms with E-state index in [-0.39, 0.29) is 17.4 Å². The molecule has 231 valence electrons. The molecule has 3 radical (unpaired) electrons. The number of carbonyl (C=O) groups excluding carboxylic acids is 3. The van der Waals surface area contributed by atoms with Crippen molar-refractivity contribution in [2.24, 2.45) is 0 Å².